The number of nitrogens with one attached hydrogen (secondary N) is 1. The normalized spacial score (nSPS) is 19.2. The lowest BCUT2D eigenvalue weighted by molar-refractivity contribution is 0.0629. The summed E-state index contributed by atoms with van der Waals surface area (Å²) in [7, 11) is 1.92. The van der Waals surface area contributed by atoms with Crippen molar-refractivity contribution in [2.24, 2.45) is 0 Å². The van der Waals surface area contributed by atoms with E-state index < -0.39 is 5.82 Å². The smallest absolute Gasteiger partial charge is 0.260 e. The lowest BCUT2D eigenvalue weighted by atomic mass is 9.96. The van der Waals surface area contributed by atoms with E-state index in [1.54, 1.807) is 11.0 Å². The Bertz CT molecular complexity index is 993. The molecule has 24 heavy (non-hydrogen) atoms. The fourth-order valence-electron chi connectivity index (χ4n) is 4.13. The maximum Gasteiger partial charge on any atom is 0.260 e. The molecule has 5 heteroatoms. The van der Waals surface area contributed by atoms with E-state index in [1.807, 2.05) is 30.1 Å². The van der Waals surface area contributed by atoms with Crippen LogP contribution < -0.4 is 4.90 Å². The lowest BCUT2D eigenvalue weighted by Gasteiger charge is -2.46. The number of H-pyrrole nitrogens is 1. The molecule has 0 radical (unpaired) electrons. The van der Waals surface area contributed by atoms with Crippen LogP contribution in [0.5, 0.6) is 0 Å². The largest absolute Gasteiger partial charge is 0.355 e. The van der Waals surface area contributed by atoms with Crippen LogP contribution in [0.2, 0.25) is 0 Å². The average molecular weight is 321 g/mol. The molecule has 3 heterocycles. The molecule has 1 N–H and O–H groups in total. The molecule has 120 valence electrons. The molecule has 5 rings (SSSR count). The molecule has 2 aliphatic heterocycles. The van der Waals surface area contributed by atoms with Gasteiger partial charge >= 0.3 is 0 Å². The summed E-state index contributed by atoms with van der Waals surface area (Å²) in [6, 6.07) is 13.0. The van der Waals surface area contributed by atoms with Gasteiger partial charge in [0.05, 0.1) is 16.9 Å². The van der Waals surface area contributed by atoms with Gasteiger partial charge in [0.15, 0.2) is 0 Å². The van der Waals surface area contributed by atoms with Crippen LogP contribution >= 0.6 is 0 Å². The van der Waals surface area contributed by atoms with Crippen molar-refractivity contribution in [1.82, 2.24) is 9.88 Å². The number of aromatic nitrogens is 1. The van der Waals surface area contributed by atoms with Crippen LogP contribution in [0.4, 0.5) is 10.1 Å². The molecule has 1 atom stereocenters. The van der Waals surface area contributed by atoms with E-state index in [-0.39, 0.29) is 17.6 Å². The zero-order chi connectivity index (χ0) is 16.4. The number of nitrogens with zero attached hydrogens (tertiary/aromatic N) is 2. The Kier molecular flexibility index (Phi) is 2.61. The zero-order valence-corrected chi connectivity index (χ0v) is 13.2. The second-order valence-corrected chi connectivity index (χ2v) is 6.43. The summed E-state index contributed by atoms with van der Waals surface area (Å²) in [6.45, 7) is 0.594. The van der Waals surface area contributed by atoms with E-state index in [2.05, 4.69) is 17.1 Å². The van der Waals surface area contributed by atoms with Gasteiger partial charge in [-0.25, -0.2) is 4.39 Å². The molecule has 2 aromatic carbocycles. The van der Waals surface area contributed by atoms with Crippen LogP contribution in [-0.4, -0.2) is 29.4 Å². The number of halogens is 1. The molecule has 3 aromatic rings. The SMILES string of the molecule is CN1c2cccc(F)c2C(=O)N2CCc3c([nH]c4ccccc34)C21. The number of rotatable bonds is 0. The predicted molar refractivity (Wildman–Crippen MR) is 90.6 cm³/mol. The van der Waals surface area contributed by atoms with Gasteiger partial charge in [0.1, 0.15) is 12.0 Å². The van der Waals surface area contributed by atoms with Crippen LogP contribution in [-0.2, 0) is 6.42 Å². The van der Waals surface area contributed by atoms with E-state index in [0.717, 1.165) is 17.6 Å². The van der Waals surface area contributed by atoms with E-state index in [9.17, 15) is 9.18 Å². The molecule has 1 amide bonds. The summed E-state index contributed by atoms with van der Waals surface area (Å²) >= 11 is 0. The zero-order valence-electron chi connectivity index (χ0n) is 13.2. The first-order valence-corrected chi connectivity index (χ1v) is 8.08. The number of aromatic amines is 1. The molecular weight excluding hydrogens is 305 g/mol. The van der Waals surface area contributed by atoms with Gasteiger partial charge in [-0.1, -0.05) is 24.3 Å². The van der Waals surface area contributed by atoms with Crippen molar-refractivity contribution in [1.29, 1.82) is 0 Å². The number of carbonyl (C=O) groups is 1. The lowest BCUT2D eigenvalue weighted by Crippen LogP contribution is -2.51. The highest BCUT2D eigenvalue weighted by molar-refractivity contribution is 6.02. The molecule has 0 saturated carbocycles. The molecule has 4 nitrogen and oxygen atoms in total. The van der Waals surface area contributed by atoms with Crippen molar-refractivity contribution >= 4 is 22.5 Å². The third kappa shape index (κ3) is 1.59. The summed E-state index contributed by atoms with van der Waals surface area (Å²) < 4.78 is 14.2. The summed E-state index contributed by atoms with van der Waals surface area (Å²) in [6.07, 6.45) is 0.558. The van der Waals surface area contributed by atoms with Gasteiger partial charge in [-0.15, -0.1) is 0 Å². The standard InChI is InChI=1S/C19H16FN3O/c1-22-15-8-4-6-13(20)16(15)19(24)23-10-9-12-11-5-2-3-7-14(11)21-17(12)18(22)23/h2-8,18,21H,9-10H2,1H3. The maximum absolute atomic E-state index is 14.2. The number of carbonyl (C=O) groups excluding carboxylic acids is 1. The Morgan fingerprint density at radius 2 is 2.00 bits per heavy atom. The van der Waals surface area contributed by atoms with Crippen LogP contribution in [0.1, 0.15) is 27.8 Å². The van der Waals surface area contributed by atoms with Crippen molar-refractivity contribution in [3.05, 3.63) is 65.1 Å². The highest BCUT2D eigenvalue weighted by Crippen LogP contribution is 2.43. The van der Waals surface area contributed by atoms with Crippen molar-refractivity contribution in [2.45, 2.75) is 12.6 Å². The summed E-state index contributed by atoms with van der Waals surface area (Å²) in [5, 5.41) is 1.21. The van der Waals surface area contributed by atoms with E-state index >= 15 is 0 Å². The van der Waals surface area contributed by atoms with Crippen molar-refractivity contribution in [2.75, 3.05) is 18.5 Å². The monoisotopic (exact) mass is 321 g/mol. The number of benzene rings is 2. The fraction of sp³-hybridized carbons (Fsp3) is 0.211. The van der Waals surface area contributed by atoms with Gasteiger partial charge in [0, 0.05) is 24.5 Å². The first kappa shape index (κ1) is 13.6. The minimum absolute atomic E-state index is 0.177. The summed E-state index contributed by atoms with van der Waals surface area (Å²) in [5.41, 5.74) is 4.19. The summed E-state index contributed by atoms with van der Waals surface area (Å²) in [4.78, 5) is 20.1. The number of para-hydroxylation sites is 1. The fourth-order valence-corrected chi connectivity index (χ4v) is 4.13. The van der Waals surface area contributed by atoms with Crippen LogP contribution in [0.25, 0.3) is 10.9 Å². The average Bonchev–Trinajstić information content (AvgIpc) is 2.97. The number of amides is 1. The van der Waals surface area contributed by atoms with Gasteiger partial charge in [-0.3, -0.25) is 4.79 Å². The number of anilines is 1. The molecule has 1 unspecified atom stereocenters. The Morgan fingerprint density at radius 3 is 2.88 bits per heavy atom. The minimum atomic E-state index is -0.453. The highest BCUT2D eigenvalue weighted by atomic mass is 19.1. The van der Waals surface area contributed by atoms with E-state index in [0.29, 0.717) is 12.2 Å². The number of fused-ring (bicyclic) bond motifs is 6. The summed E-state index contributed by atoms with van der Waals surface area (Å²) in [5.74, 6) is -0.680. The molecule has 2 aliphatic rings. The first-order valence-electron chi connectivity index (χ1n) is 8.08. The van der Waals surface area contributed by atoms with Gasteiger partial charge in [0.25, 0.3) is 5.91 Å². The minimum Gasteiger partial charge on any atom is -0.355 e. The molecular formula is C19H16FN3O. The first-order chi connectivity index (χ1) is 11.7. The Morgan fingerprint density at radius 1 is 1.17 bits per heavy atom. The van der Waals surface area contributed by atoms with Crippen molar-refractivity contribution in [3.8, 4) is 0 Å². The third-order valence-corrected chi connectivity index (χ3v) is 5.22. The number of hydrogen-bond donors (Lipinski definition) is 1. The van der Waals surface area contributed by atoms with Crippen LogP contribution in [0.15, 0.2) is 42.5 Å². The van der Waals surface area contributed by atoms with Gasteiger partial charge in [0.2, 0.25) is 0 Å². The van der Waals surface area contributed by atoms with E-state index in [1.165, 1.54) is 17.0 Å². The number of hydrogen-bond acceptors (Lipinski definition) is 2. The van der Waals surface area contributed by atoms with Gasteiger partial charge in [-0.2, -0.15) is 0 Å². The predicted octanol–water partition coefficient (Wildman–Crippen LogP) is 3.45. The van der Waals surface area contributed by atoms with Gasteiger partial charge < -0.3 is 14.8 Å². The molecule has 0 aliphatic carbocycles. The Hall–Kier alpha value is -2.82. The Balaban J connectivity index is 1.75. The molecule has 0 saturated heterocycles. The second-order valence-electron chi connectivity index (χ2n) is 6.43. The second kappa shape index (κ2) is 4.60. The van der Waals surface area contributed by atoms with Crippen molar-refractivity contribution in [3.63, 3.8) is 0 Å². The van der Waals surface area contributed by atoms with Crippen LogP contribution in [0.3, 0.4) is 0 Å². The van der Waals surface area contributed by atoms with Crippen molar-refractivity contribution < 1.29 is 9.18 Å². The highest BCUT2D eigenvalue weighted by Gasteiger charge is 2.42. The van der Waals surface area contributed by atoms with Crippen LogP contribution in [0, 0.1) is 5.82 Å². The quantitative estimate of drug-likeness (QED) is 0.689. The molecule has 0 bridgehead atoms. The maximum atomic E-state index is 14.2. The topological polar surface area (TPSA) is 39.3 Å². The molecule has 0 spiro atoms. The Labute approximate surface area is 138 Å². The molecule has 1 aromatic heterocycles. The van der Waals surface area contributed by atoms with Gasteiger partial charge in [-0.05, 0) is 30.2 Å². The molecule has 0 fully saturated rings. The third-order valence-electron chi connectivity index (χ3n) is 5.22. The van der Waals surface area contributed by atoms with E-state index in [4.69, 9.17) is 0 Å².